The second kappa shape index (κ2) is 4.47. The van der Waals surface area contributed by atoms with Gasteiger partial charge in [-0.05, 0) is 24.3 Å². The summed E-state index contributed by atoms with van der Waals surface area (Å²) in [5.41, 5.74) is 0.0406. The molecule has 0 aliphatic carbocycles. The highest BCUT2D eigenvalue weighted by atomic mass is 31.2. The fraction of sp³-hybridized carbons (Fsp3) is 0. The minimum atomic E-state index is -3.88. The van der Waals surface area contributed by atoms with Crippen molar-refractivity contribution < 1.29 is 14.0 Å². The van der Waals surface area contributed by atoms with Crippen molar-refractivity contribution in [3.63, 3.8) is 0 Å². The maximum absolute atomic E-state index is 11.9. The number of para-hydroxylation sites is 1. The highest BCUT2D eigenvalue weighted by Crippen LogP contribution is 2.40. The zero-order valence-corrected chi connectivity index (χ0v) is 9.25. The smallest absolute Gasteiger partial charge is 0.420 e. The first-order valence-electron chi connectivity index (χ1n) is 4.67. The second-order valence-corrected chi connectivity index (χ2v) is 4.79. The van der Waals surface area contributed by atoms with E-state index in [0.717, 1.165) is 0 Å². The van der Waals surface area contributed by atoms with Crippen LogP contribution in [0.15, 0.2) is 54.7 Å². The highest BCUT2D eigenvalue weighted by molar-refractivity contribution is 7.61. The first kappa shape index (κ1) is 10.9. The van der Waals surface area contributed by atoms with Gasteiger partial charge in [-0.1, -0.05) is 24.3 Å². The molecular formula is C11H10NO3P. The van der Waals surface area contributed by atoms with E-state index in [1.807, 2.05) is 0 Å². The fourth-order valence-corrected chi connectivity index (χ4v) is 2.18. The lowest BCUT2D eigenvalue weighted by molar-refractivity contribution is 0.392. The zero-order valence-electron chi connectivity index (χ0n) is 8.35. The number of benzene rings is 1. The molecule has 2 rings (SSSR count). The lowest BCUT2D eigenvalue weighted by Crippen LogP contribution is -2.12. The quantitative estimate of drug-likeness (QED) is 0.826. The molecule has 0 saturated carbocycles. The Hall–Kier alpha value is -1.64. The minimum absolute atomic E-state index is 0.0406. The monoisotopic (exact) mass is 235 g/mol. The van der Waals surface area contributed by atoms with Crippen LogP contribution in [0.25, 0.3) is 0 Å². The van der Waals surface area contributed by atoms with E-state index >= 15 is 0 Å². The van der Waals surface area contributed by atoms with E-state index < -0.39 is 7.60 Å². The molecule has 0 spiro atoms. The number of aromatic nitrogens is 1. The molecule has 16 heavy (non-hydrogen) atoms. The van der Waals surface area contributed by atoms with E-state index in [1.165, 1.54) is 12.3 Å². The van der Waals surface area contributed by atoms with Crippen molar-refractivity contribution in [1.82, 2.24) is 4.98 Å². The average molecular weight is 235 g/mol. The van der Waals surface area contributed by atoms with Crippen LogP contribution < -0.4 is 9.96 Å². The molecule has 1 atom stereocenters. The van der Waals surface area contributed by atoms with E-state index in [0.29, 0.717) is 5.75 Å². The van der Waals surface area contributed by atoms with E-state index in [-0.39, 0.29) is 5.44 Å². The number of nitrogens with zero attached hydrogens (tertiary/aromatic N) is 1. The summed E-state index contributed by atoms with van der Waals surface area (Å²) in [7, 11) is -3.88. The topological polar surface area (TPSA) is 59.4 Å². The Kier molecular flexibility index (Phi) is 3.04. The summed E-state index contributed by atoms with van der Waals surface area (Å²) in [6, 6.07) is 13.3. The summed E-state index contributed by atoms with van der Waals surface area (Å²) in [5.74, 6) is 0.346. The maximum Gasteiger partial charge on any atom is 0.426 e. The molecule has 5 heteroatoms. The molecule has 0 bridgehead atoms. The van der Waals surface area contributed by atoms with Gasteiger partial charge in [0.2, 0.25) is 0 Å². The largest absolute Gasteiger partial charge is 0.426 e. The standard InChI is InChI=1S/C11H10NO3P/c13-16(14,11-8-4-5-9-12-11)15-10-6-2-1-3-7-10/h1-9H,(H,13,14). The fourth-order valence-electron chi connectivity index (χ4n) is 1.19. The van der Waals surface area contributed by atoms with Gasteiger partial charge in [0.15, 0.2) is 5.44 Å². The molecule has 0 aliphatic rings. The van der Waals surface area contributed by atoms with Crippen molar-refractivity contribution in [2.24, 2.45) is 0 Å². The summed E-state index contributed by atoms with van der Waals surface area (Å²) in [5, 5.41) is 0. The van der Waals surface area contributed by atoms with Gasteiger partial charge in [-0.15, -0.1) is 0 Å². The van der Waals surface area contributed by atoms with Crippen LogP contribution in [0.5, 0.6) is 5.75 Å². The summed E-state index contributed by atoms with van der Waals surface area (Å²) in [6.07, 6.45) is 1.45. The lowest BCUT2D eigenvalue weighted by atomic mass is 10.3. The third-order valence-electron chi connectivity index (χ3n) is 1.91. The molecule has 82 valence electrons. The van der Waals surface area contributed by atoms with Crippen LogP contribution in [0.2, 0.25) is 0 Å². The SMILES string of the molecule is O=P(O)(Oc1ccccc1)c1ccccn1. The van der Waals surface area contributed by atoms with Crippen LogP contribution in [-0.4, -0.2) is 9.88 Å². The van der Waals surface area contributed by atoms with Gasteiger partial charge in [0.05, 0.1) is 0 Å². The van der Waals surface area contributed by atoms with Crippen molar-refractivity contribution >= 4 is 13.0 Å². The predicted molar refractivity (Wildman–Crippen MR) is 60.8 cm³/mol. The van der Waals surface area contributed by atoms with Crippen molar-refractivity contribution in [1.29, 1.82) is 0 Å². The first-order valence-corrected chi connectivity index (χ1v) is 6.25. The van der Waals surface area contributed by atoms with Gasteiger partial charge in [-0.2, -0.15) is 0 Å². The van der Waals surface area contributed by atoms with E-state index in [9.17, 15) is 9.46 Å². The Labute approximate surface area is 93.1 Å². The van der Waals surface area contributed by atoms with Crippen LogP contribution in [0, 0.1) is 0 Å². The summed E-state index contributed by atoms with van der Waals surface area (Å²) in [4.78, 5) is 13.5. The van der Waals surface area contributed by atoms with Gasteiger partial charge >= 0.3 is 7.60 Å². The Balaban J connectivity index is 2.25. The van der Waals surface area contributed by atoms with Crippen molar-refractivity contribution in [2.75, 3.05) is 0 Å². The number of pyridine rings is 1. The molecule has 0 saturated heterocycles. The third-order valence-corrected chi connectivity index (χ3v) is 3.21. The molecular weight excluding hydrogens is 225 g/mol. The zero-order chi connectivity index (χ0) is 11.4. The maximum atomic E-state index is 11.9. The van der Waals surface area contributed by atoms with Crippen LogP contribution >= 0.6 is 7.60 Å². The lowest BCUT2D eigenvalue weighted by Gasteiger charge is -2.11. The first-order chi connectivity index (χ1) is 7.68. The van der Waals surface area contributed by atoms with Gasteiger partial charge in [-0.25, -0.2) is 9.55 Å². The third kappa shape index (κ3) is 2.48. The van der Waals surface area contributed by atoms with Gasteiger partial charge in [0.25, 0.3) is 0 Å². The van der Waals surface area contributed by atoms with Crippen molar-refractivity contribution in [2.45, 2.75) is 0 Å². The second-order valence-electron chi connectivity index (χ2n) is 3.11. The molecule has 4 nitrogen and oxygen atoms in total. The predicted octanol–water partition coefficient (Wildman–Crippen LogP) is 1.97. The molecule has 1 N–H and O–H groups in total. The van der Waals surface area contributed by atoms with Gasteiger partial charge in [-0.3, -0.25) is 0 Å². The van der Waals surface area contributed by atoms with Crippen LogP contribution in [0.3, 0.4) is 0 Å². The minimum Gasteiger partial charge on any atom is -0.420 e. The van der Waals surface area contributed by atoms with Crippen molar-refractivity contribution in [3.05, 3.63) is 54.7 Å². The molecule has 1 heterocycles. The van der Waals surface area contributed by atoms with Gasteiger partial charge < -0.3 is 9.42 Å². The van der Waals surface area contributed by atoms with Crippen LogP contribution in [0.1, 0.15) is 0 Å². The Morgan fingerprint density at radius 2 is 1.75 bits per heavy atom. The Morgan fingerprint density at radius 1 is 1.06 bits per heavy atom. The summed E-state index contributed by atoms with van der Waals surface area (Å²) >= 11 is 0. The van der Waals surface area contributed by atoms with Crippen molar-refractivity contribution in [3.8, 4) is 5.75 Å². The molecule has 1 aromatic carbocycles. The molecule has 1 unspecified atom stereocenters. The van der Waals surface area contributed by atoms with Gasteiger partial charge in [0.1, 0.15) is 5.75 Å². The molecule has 0 aliphatic heterocycles. The normalized spacial score (nSPS) is 14.1. The summed E-state index contributed by atoms with van der Waals surface area (Å²) in [6.45, 7) is 0. The van der Waals surface area contributed by atoms with E-state index in [1.54, 1.807) is 42.5 Å². The van der Waals surface area contributed by atoms with Gasteiger partial charge in [0, 0.05) is 6.20 Å². The molecule has 1 aromatic heterocycles. The molecule has 0 fully saturated rings. The molecule has 0 amide bonds. The average Bonchev–Trinajstić information content (AvgIpc) is 2.31. The molecule has 0 radical (unpaired) electrons. The van der Waals surface area contributed by atoms with E-state index in [2.05, 4.69) is 4.98 Å². The number of hydrogen-bond acceptors (Lipinski definition) is 3. The Bertz CT molecular complexity index is 501. The Morgan fingerprint density at radius 3 is 2.38 bits per heavy atom. The van der Waals surface area contributed by atoms with Crippen LogP contribution in [-0.2, 0) is 4.57 Å². The van der Waals surface area contributed by atoms with E-state index in [4.69, 9.17) is 4.52 Å². The highest BCUT2D eigenvalue weighted by Gasteiger charge is 2.25. The summed E-state index contributed by atoms with van der Waals surface area (Å²) < 4.78 is 16.9. The van der Waals surface area contributed by atoms with Crippen LogP contribution in [0.4, 0.5) is 0 Å². The number of hydrogen-bond donors (Lipinski definition) is 1. The number of rotatable bonds is 3. The molecule has 2 aromatic rings.